The summed E-state index contributed by atoms with van der Waals surface area (Å²) in [4.78, 5) is 27.0. The van der Waals surface area contributed by atoms with Gasteiger partial charge >= 0.3 is 5.97 Å². The minimum absolute atomic E-state index is 0.0351. The number of carboxylic acid groups (broad SMARTS) is 1. The molecule has 0 spiro atoms. The van der Waals surface area contributed by atoms with Crippen LogP contribution in [0.5, 0.6) is 11.5 Å². The molecule has 1 unspecified atom stereocenters. The van der Waals surface area contributed by atoms with E-state index >= 15 is 0 Å². The van der Waals surface area contributed by atoms with E-state index in [1.54, 1.807) is 25.1 Å². The molecular formula is C18H21NO6. The quantitative estimate of drug-likeness (QED) is 0.786. The van der Waals surface area contributed by atoms with E-state index in [0.29, 0.717) is 30.3 Å². The predicted molar refractivity (Wildman–Crippen MR) is 91.5 cm³/mol. The number of benzene rings is 1. The summed E-state index contributed by atoms with van der Waals surface area (Å²) in [5.74, 6) is -1.76. The average molecular weight is 347 g/mol. The number of dihydropyridines is 1. The van der Waals surface area contributed by atoms with Crippen molar-refractivity contribution >= 4 is 17.6 Å². The Kier molecular flexibility index (Phi) is 5.80. The molecule has 0 radical (unpaired) electrons. The van der Waals surface area contributed by atoms with E-state index in [0.717, 1.165) is 0 Å². The molecular weight excluding hydrogens is 326 g/mol. The first-order valence-corrected chi connectivity index (χ1v) is 8.05. The van der Waals surface area contributed by atoms with Gasteiger partial charge in [-0.3, -0.25) is 4.79 Å². The molecule has 2 rings (SSSR count). The van der Waals surface area contributed by atoms with Crippen molar-refractivity contribution in [2.24, 2.45) is 4.99 Å². The van der Waals surface area contributed by atoms with Gasteiger partial charge in [-0.05, 0) is 31.5 Å². The van der Waals surface area contributed by atoms with E-state index in [-0.39, 0.29) is 11.3 Å². The largest absolute Gasteiger partial charge is 0.511 e. The van der Waals surface area contributed by atoms with E-state index in [2.05, 4.69) is 4.99 Å². The fourth-order valence-corrected chi connectivity index (χ4v) is 2.65. The molecule has 1 atom stereocenters. The number of carbonyl (C=O) groups is 2. The summed E-state index contributed by atoms with van der Waals surface area (Å²) >= 11 is 0. The Morgan fingerprint density at radius 3 is 2.48 bits per heavy atom. The first-order valence-electron chi connectivity index (χ1n) is 8.05. The second-order valence-corrected chi connectivity index (χ2v) is 5.49. The van der Waals surface area contributed by atoms with Gasteiger partial charge in [0.1, 0.15) is 11.3 Å². The fourth-order valence-electron chi connectivity index (χ4n) is 2.65. The van der Waals surface area contributed by atoms with Gasteiger partial charge in [-0.15, -0.1) is 0 Å². The van der Waals surface area contributed by atoms with Crippen LogP contribution in [0.2, 0.25) is 0 Å². The Morgan fingerprint density at radius 2 is 1.88 bits per heavy atom. The molecule has 7 nitrogen and oxygen atoms in total. The van der Waals surface area contributed by atoms with Crippen molar-refractivity contribution in [3.8, 4) is 11.5 Å². The number of aliphatic hydroxyl groups is 1. The number of nitrogens with zero attached hydrogens (tertiary/aromatic N) is 1. The summed E-state index contributed by atoms with van der Waals surface area (Å²) in [6.07, 6.45) is -0.397. The maximum atomic E-state index is 11.7. The van der Waals surface area contributed by atoms with Crippen LogP contribution in [0.15, 0.2) is 34.5 Å². The SMILES string of the molecule is CCOc1ccc(C(C)C2=NC(=O)CC(O)=C2C(=O)O)cc1OCC. The van der Waals surface area contributed by atoms with Crippen molar-refractivity contribution in [3.05, 3.63) is 35.1 Å². The number of rotatable bonds is 7. The van der Waals surface area contributed by atoms with Crippen LogP contribution in [-0.4, -0.2) is 41.0 Å². The molecule has 0 aliphatic carbocycles. The molecule has 0 aromatic heterocycles. The molecule has 1 aliphatic heterocycles. The highest BCUT2D eigenvalue weighted by molar-refractivity contribution is 6.25. The summed E-state index contributed by atoms with van der Waals surface area (Å²) < 4.78 is 11.1. The normalized spacial score (nSPS) is 15.6. The molecule has 0 saturated carbocycles. The molecule has 1 aromatic rings. The molecule has 0 fully saturated rings. The van der Waals surface area contributed by atoms with Gasteiger partial charge in [-0.2, -0.15) is 0 Å². The molecule has 1 heterocycles. The zero-order chi connectivity index (χ0) is 18.6. The fraction of sp³-hybridized carbons (Fsp3) is 0.389. The lowest BCUT2D eigenvalue weighted by Gasteiger charge is -2.21. The minimum Gasteiger partial charge on any atom is -0.511 e. The van der Waals surface area contributed by atoms with Gasteiger partial charge in [0, 0.05) is 5.92 Å². The Labute approximate surface area is 145 Å². The van der Waals surface area contributed by atoms with Crippen molar-refractivity contribution in [2.45, 2.75) is 33.1 Å². The van der Waals surface area contributed by atoms with Crippen molar-refractivity contribution in [3.63, 3.8) is 0 Å². The lowest BCUT2D eigenvalue weighted by atomic mass is 9.88. The summed E-state index contributed by atoms with van der Waals surface area (Å²) in [7, 11) is 0. The molecule has 134 valence electrons. The molecule has 25 heavy (non-hydrogen) atoms. The first kappa shape index (κ1) is 18.5. The predicted octanol–water partition coefficient (Wildman–Crippen LogP) is 2.86. The van der Waals surface area contributed by atoms with Gasteiger partial charge in [0.15, 0.2) is 11.5 Å². The molecule has 2 N–H and O–H groups in total. The molecule has 0 saturated heterocycles. The minimum atomic E-state index is -1.31. The van der Waals surface area contributed by atoms with E-state index in [1.165, 1.54) is 0 Å². The van der Waals surface area contributed by atoms with E-state index in [4.69, 9.17) is 9.47 Å². The van der Waals surface area contributed by atoms with Gasteiger partial charge < -0.3 is 19.7 Å². The van der Waals surface area contributed by atoms with Crippen LogP contribution in [-0.2, 0) is 9.59 Å². The second kappa shape index (κ2) is 7.83. The molecule has 7 heteroatoms. The van der Waals surface area contributed by atoms with Crippen molar-refractivity contribution in [1.29, 1.82) is 0 Å². The van der Waals surface area contributed by atoms with Crippen molar-refractivity contribution < 1.29 is 29.3 Å². The third-order valence-electron chi connectivity index (χ3n) is 3.80. The van der Waals surface area contributed by atoms with Crippen LogP contribution in [0, 0.1) is 0 Å². The topological polar surface area (TPSA) is 105 Å². The first-order chi connectivity index (χ1) is 11.9. The zero-order valence-corrected chi connectivity index (χ0v) is 14.4. The lowest BCUT2D eigenvalue weighted by Crippen LogP contribution is -2.26. The Balaban J connectivity index is 2.45. The molecule has 1 aliphatic rings. The van der Waals surface area contributed by atoms with Gasteiger partial charge in [0.05, 0.1) is 25.3 Å². The van der Waals surface area contributed by atoms with Gasteiger partial charge in [0.2, 0.25) is 0 Å². The number of amides is 1. The highest BCUT2D eigenvalue weighted by Gasteiger charge is 2.31. The Bertz CT molecular complexity index is 750. The maximum Gasteiger partial charge on any atom is 0.341 e. The van der Waals surface area contributed by atoms with Crippen LogP contribution in [0.4, 0.5) is 0 Å². The summed E-state index contributed by atoms with van der Waals surface area (Å²) in [6.45, 7) is 6.35. The lowest BCUT2D eigenvalue weighted by molar-refractivity contribution is -0.132. The number of aliphatic imine (C=N–C) groups is 1. The molecule has 1 aromatic carbocycles. The van der Waals surface area contributed by atoms with E-state index in [9.17, 15) is 19.8 Å². The highest BCUT2D eigenvalue weighted by Crippen LogP contribution is 2.34. The zero-order valence-electron chi connectivity index (χ0n) is 14.4. The Morgan fingerprint density at radius 1 is 1.24 bits per heavy atom. The van der Waals surface area contributed by atoms with Crippen molar-refractivity contribution in [1.82, 2.24) is 0 Å². The third-order valence-corrected chi connectivity index (χ3v) is 3.80. The summed E-state index contributed by atoms with van der Waals surface area (Å²) in [6, 6.07) is 5.23. The number of carbonyl (C=O) groups excluding carboxylic acids is 1. The average Bonchev–Trinajstić information content (AvgIpc) is 2.55. The molecule has 1 amide bonds. The Hall–Kier alpha value is -2.83. The van der Waals surface area contributed by atoms with E-state index in [1.807, 2.05) is 13.8 Å². The van der Waals surface area contributed by atoms with Crippen LogP contribution in [0.3, 0.4) is 0 Å². The van der Waals surface area contributed by atoms with Crippen molar-refractivity contribution in [2.75, 3.05) is 13.2 Å². The third kappa shape index (κ3) is 3.99. The summed E-state index contributed by atoms with van der Waals surface area (Å²) in [5, 5.41) is 19.2. The van der Waals surface area contributed by atoms with Gasteiger partial charge in [-0.1, -0.05) is 13.0 Å². The maximum absolute atomic E-state index is 11.7. The van der Waals surface area contributed by atoms with Gasteiger partial charge in [-0.25, -0.2) is 9.79 Å². The van der Waals surface area contributed by atoms with Crippen LogP contribution in [0.1, 0.15) is 38.7 Å². The number of aliphatic hydroxyl groups excluding tert-OH is 1. The number of hydrogen-bond donors (Lipinski definition) is 2. The number of hydrogen-bond acceptors (Lipinski definition) is 5. The second-order valence-electron chi connectivity index (χ2n) is 5.49. The molecule has 0 bridgehead atoms. The number of aliphatic carboxylic acids is 1. The van der Waals surface area contributed by atoms with Crippen LogP contribution >= 0.6 is 0 Å². The number of ether oxygens (including phenoxy) is 2. The smallest absolute Gasteiger partial charge is 0.341 e. The van der Waals surface area contributed by atoms with E-state index < -0.39 is 30.0 Å². The van der Waals surface area contributed by atoms with Crippen LogP contribution < -0.4 is 9.47 Å². The van der Waals surface area contributed by atoms with Crippen LogP contribution in [0.25, 0.3) is 0 Å². The summed E-state index contributed by atoms with van der Waals surface area (Å²) in [5.41, 5.74) is 0.415. The monoisotopic (exact) mass is 347 g/mol. The highest BCUT2D eigenvalue weighted by atomic mass is 16.5. The number of carboxylic acids is 1. The standard InChI is InChI=1S/C18H21NO6/c1-4-24-13-7-6-11(8-14(13)25-5-2)10(3)17-16(18(22)23)12(20)9-15(21)19-17/h6-8,10,20H,4-5,9H2,1-3H3,(H,22,23). The van der Waals surface area contributed by atoms with Gasteiger partial charge in [0.25, 0.3) is 5.91 Å².